The summed E-state index contributed by atoms with van der Waals surface area (Å²) in [4.78, 5) is 20.3. The number of Topliss-reactive ketones (excluding diaryl/α,β-unsaturated/α-hetero) is 1. The van der Waals surface area contributed by atoms with Crippen molar-refractivity contribution in [3.63, 3.8) is 0 Å². The summed E-state index contributed by atoms with van der Waals surface area (Å²) in [6.45, 7) is 2.24. The Balaban J connectivity index is 1.49. The van der Waals surface area contributed by atoms with Crippen molar-refractivity contribution in [1.29, 1.82) is 0 Å². The molecule has 4 nitrogen and oxygen atoms in total. The predicted molar refractivity (Wildman–Crippen MR) is 125 cm³/mol. The largest absolute Gasteiger partial charge is 0.434 e. The first-order valence-corrected chi connectivity index (χ1v) is 11.1. The van der Waals surface area contributed by atoms with Crippen molar-refractivity contribution in [1.82, 2.24) is 9.97 Å². The zero-order valence-corrected chi connectivity index (χ0v) is 18.1. The van der Waals surface area contributed by atoms with Gasteiger partial charge in [-0.25, -0.2) is 4.98 Å². The molecule has 0 amide bonds. The quantitative estimate of drug-likeness (QED) is 0.174. The fraction of sp³-hybridized carbons (Fsp3) is 0.423. The summed E-state index contributed by atoms with van der Waals surface area (Å²) >= 11 is 0. The maximum absolute atomic E-state index is 12.2. The van der Waals surface area contributed by atoms with Gasteiger partial charge < -0.3 is 4.42 Å². The zero-order chi connectivity index (χ0) is 21.3. The normalized spacial score (nSPS) is 12.4. The van der Waals surface area contributed by atoms with Gasteiger partial charge in [0.05, 0.1) is 6.20 Å². The Morgan fingerprint density at radius 1 is 0.900 bits per heavy atom. The van der Waals surface area contributed by atoms with Crippen LogP contribution in [0.25, 0.3) is 11.1 Å². The van der Waals surface area contributed by atoms with Gasteiger partial charge in [0.2, 0.25) is 5.78 Å². The summed E-state index contributed by atoms with van der Waals surface area (Å²) in [6.07, 6.45) is 31.0. The molecule has 0 aromatic carbocycles. The van der Waals surface area contributed by atoms with Gasteiger partial charge >= 0.3 is 0 Å². The van der Waals surface area contributed by atoms with E-state index in [4.69, 9.17) is 4.42 Å². The van der Waals surface area contributed by atoms with E-state index in [1.165, 1.54) is 25.7 Å². The lowest BCUT2D eigenvalue weighted by atomic mass is 10.1. The summed E-state index contributed by atoms with van der Waals surface area (Å²) in [6, 6.07) is 1.72. The maximum Gasteiger partial charge on any atom is 0.264 e. The highest BCUT2D eigenvalue weighted by molar-refractivity contribution is 5.93. The molecule has 0 aliphatic carbocycles. The predicted octanol–water partition coefficient (Wildman–Crippen LogP) is 7.55. The number of nitrogens with zero attached hydrogens (tertiary/aromatic N) is 2. The molecule has 4 heteroatoms. The van der Waals surface area contributed by atoms with Gasteiger partial charge in [-0.05, 0) is 44.9 Å². The summed E-state index contributed by atoms with van der Waals surface area (Å²) in [5.74, 6) is 0.132. The van der Waals surface area contributed by atoms with Crippen LogP contribution in [0.4, 0.5) is 0 Å². The van der Waals surface area contributed by atoms with Crippen LogP contribution in [0, 0.1) is 0 Å². The van der Waals surface area contributed by atoms with Crippen LogP contribution in [0.15, 0.2) is 71.5 Å². The SMILES string of the molecule is CCCCCC=CCC=CCC=CCC=CCCCC(=O)c1nc2cnccc2o1. The summed E-state index contributed by atoms with van der Waals surface area (Å²) in [7, 11) is 0. The van der Waals surface area contributed by atoms with Gasteiger partial charge in [0.15, 0.2) is 5.58 Å². The van der Waals surface area contributed by atoms with Crippen LogP contribution in [0.5, 0.6) is 0 Å². The molecule has 160 valence electrons. The number of aromatic nitrogens is 2. The van der Waals surface area contributed by atoms with Crippen molar-refractivity contribution in [3.05, 3.63) is 73.0 Å². The molecule has 0 saturated carbocycles. The number of hydrogen-bond acceptors (Lipinski definition) is 4. The van der Waals surface area contributed by atoms with Crippen molar-refractivity contribution >= 4 is 16.9 Å². The molecule has 2 rings (SSSR count). The first-order valence-electron chi connectivity index (χ1n) is 11.1. The molecule has 0 aliphatic rings. The number of allylic oxidation sites excluding steroid dienone is 8. The molecular formula is C26H34N2O2. The monoisotopic (exact) mass is 406 g/mol. The topological polar surface area (TPSA) is 56.0 Å². The molecule has 2 heterocycles. The van der Waals surface area contributed by atoms with Gasteiger partial charge in [0.25, 0.3) is 5.89 Å². The van der Waals surface area contributed by atoms with Crippen LogP contribution in [0.2, 0.25) is 0 Å². The van der Waals surface area contributed by atoms with Gasteiger partial charge in [-0.1, -0.05) is 68.4 Å². The van der Waals surface area contributed by atoms with E-state index < -0.39 is 0 Å². The highest BCUT2D eigenvalue weighted by Crippen LogP contribution is 2.15. The highest BCUT2D eigenvalue weighted by Gasteiger charge is 2.13. The minimum Gasteiger partial charge on any atom is -0.434 e. The molecule has 0 bridgehead atoms. The molecular weight excluding hydrogens is 372 g/mol. The summed E-state index contributed by atoms with van der Waals surface area (Å²) < 4.78 is 5.48. The fourth-order valence-corrected chi connectivity index (χ4v) is 2.95. The van der Waals surface area contributed by atoms with Gasteiger partial charge in [0.1, 0.15) is 5.52 Å². The highest BCUT2D eigenvalue weighted by atomic mass is 16.4. The van der Waals surface area contributed by atoms with Crippen molar-refractivity contribution in [2.75, 3.05) is 0 Å². The second kappa shape index (κ2) is 15.1. The Kier molecular flexibility index (Phi) is 11.9. The molecule has 30 heavy (non-hydrogen) atoms. The first kappa shape index (κ1) is 23.5. The van der Waals surface area contributed by atoms with Crippen LogP contribution < -0.4 is 0 Å². The molecule has 0 saturated heterocycles. The summed E-state index contributed by atoms with van der Waals surface area (Å²) in [5, 5.41) is 0. The number of fused-ring (bicyclic) bond motifs is 1. The lowest BCUT2D eigenvalue weighted by Gasteiger charge is -1.94. The Morgan fingerprint density at radius 3 is 2.17 bits per heavy atom. The van der Waals surface area contributed by atoms with E-state index in [1.807, 2.05) is 0 Å². The lowest BCUT2D eigenvalue weighted by molar-refractivity contribution is 0.0949. The van der Waals surface area contributed by atoms with Crippen molar-refractivity contribution in [2.24, 2.45) is 0 Å². The molecule has 2 aromatic rings. The number of unbranched alkanes of at least 4 members (excludes halogenated alkanes) is 4. The fourth-order valence-electron chi connectivity index (χ4n) is 2.95. The molecule has 0 spiro atoms. The lowest BCUT2D eigenvalue weighted by Crippen LogP contribution is -1.98. The van der Waals surface area contributed by atoms with E-state index in [1.54, 1.807) is 18.5 Å². The number of rotatable bonds is 15. The average molecular weight is 407 g/mol. The molecule has 0 aliphatic heterocycles. The number of ketones is 1. The van der Waals surface area contributed by atoms with E-state index in [0.29, 0.717) is 17.5 Å². The van der Waals surface area contributed by atoms with Crippen LogP contribution in [-0.4, -0.2) is 15.8 Å². The van der Waals surface area contributed by atoms with E-state index in [-0.39, 0.29) is 11.7 Å². The minimum absolute atomic E-state index is 0.0536. The minimum atomic E-state index is -0.0536. The number of pyridine rings is 1. The first-order chi connectivity index (χ1) is 14.8. The Bertz CT molecular complexity index is 826. The Labute approximate surface area is 180 Å². The maximum atomic E-state index is 12.2. The molecule has 0 radical (unpaired) electrons. The second-order valence-corrected chi connectivity index (χ2v) is 7.27. The molecule has 0 fully saturated rings. The summed E-state index contributed by atoms with van der Waals surface area (Å²) in [5.41, 5.74) is 1.23. The Hall–Kier alpha value is -2.75. The van der Waals surface area contributed by atoms with E-state index >= 15 is 0 Å². The number of oxazole rings is 1. The second-order valence-electron chi connectivity index (χ2n) is 7.27. The molecule has 2 aromatic heterocycles. The third-order valence-electron chi connectivity index (χ3n) is 4.66. The molecule has 0 unspecified atom stereocenters. The third-order valence-corrected chi connectivity index (χ3v) is 4.66. The Morgan fingerprint density at radius 2 is 1.53 bits per heavy atom. The standard InChI is InChI=1S/C26H34N2O2/c1-2-3-4-5-6-7-8-9-10-11-12-13-14-15-16-17-18-19-24(29)26-28-23-22-27-21-20-25(23)30-26/h6-7,9-10,12-13,15-16,20-22H,2-5,8,11,14,17-19H2,1H3. The van der Waals surface area contributed by atoms with E-state index in [2.05, 4.69) is 65.5 Å². The third kappa shape index (κ3) is 9.64. The van der Waals surface area contributed by atoms with E-state index in [0.717, 1.165) is 32.1 Å². The van der Waals surface area contributed by atoms with Crippen LogP contribution in [-0.2, 0) is 0 Å². The number of carbonyl (C=O) groups excluding carboxylic acids is 1. The van der Waals surface area contributed by atoms with Gasteiger partial charge in [-0.3, -0.25) is 9.78 Å². The molecule has 0 N–H and O–H groups in total. The number of hydrogen-bond donors (Lipinski definition) is 0. The van der Waals surface area contributed by atoms with Crippen LogP contribution in [0.1, 0.15) is 81.8 Å². The average Bonchev–Trinajstić information content (AvgIpc) is 3.20. The smallest absolute Gasteiger partial charge is 0.264 e. The van der Waals surface area contributed by atoms with E-state index in [9.17, 15) is 4.79 Å². The van der Waals surface area contributed by atoms with Gasteiger partial charge in [0, 0.05) is 18.7 Å². The van der Waals surface area contributed by atoms with Crippen LogP contribution >= 0.6 is 0 Å². The van der Waals surface area contributed by atoms with Gasteiger partial charge in [-0.15, -0.1) is 0 Å². The van der Waals surface area contributed by atoms with Gasteiger partial charge in [-0.2, -0.15) is 0 Å². The van der Waals surface area contributed by atoms with Crippen molar-refractivity contribution in [2.45, 2.75) is 71.1 Å². The number of carbonyl (C=O) groups is 1. The van der Waals surface area contributed by atoms with Crippen molar-refractivity contribution < 1.29 is 9.21 Å². The molecule has 0 atom stereocenters. The zero-order valence-electron chi connectivity index (χ0n) is 18.1. The van der Waals surface area contributed by atoms with Crippen molar-refractivity contribution in [3.8, 4) is 0 Å². The van der Waals surface area contributed by atoms with Crippen LogP contribution in [0.3, 0.4) is 0 Å².